The average molecular weight is 268 g/mol. The highest BCUT2D eigenvalue weighted by atomic mass is 19.1. The van der Waals surface area contributed by atoms with Crippen molar-refractivity contribution in [3.8, 4) is 5.75 Å². The molecule has 1 rings (SSSR count). The molecule has 0 bridgehead atoms. The Bertz CT molecular complexity index is 447. The maximum Gasteiger partial charge on any atom is 0.258 e. The molecule has 0 aliphatic carbocycles. The summed E-state index contributed by atoms with van der Waals surface area (Å²) >= 11 is 0. The van der Waals surface area contributed by atoms with Crippen LogP contribution in [0.25, 0.3) is 0 Å². The third-order valence-corrected chi connectivity index (χ3v) is 2.90. The molecule has 1 amide bonds. The van der Waals surface area contributed by atoms with Crippen molar-refractivity contribution in [3.63, 3.8) is 0 Å². The van der Waals surface area contributed by atoms with Crippen LogP contribution in [-0.2, 0) is 11.3 Å². The number of hydrogen-bond acceptors (Lipinski definition) is 3. The van der Waals surface area contributed by atoms with Crippen molar-refractivity contribution in [1.29, 1.82) is 0 Å². The van der Waals surface area contributed by atoms with Crippen LogP contribution in [0.5, 0.6) is 5.75 Å². The summed E-state index contributed by atoms with van der Waals surface area (Å²) in [6, 6.07) is 4.20. The first-order valence-electron chi connectivity index (χ1n) is 6.29. The first kappa shape index (κ1) is 15.4. The zero-order chi connectivity index (χ0) is 14.5. The summed E-state index contributed by atoms with van der Waals surface area (Å²) in [4.78, 5) is 11.7. The number of hydrogen-bond donors (Lipinski definition) is 2. The molecule has 19 heavy (non-hydrogen) atoms. The van der Waals surface area contributed by atoms with Crippen molar-refractivity contribution in [2.45, 2.75) is 39.3 Å². The van der Waals surface area contributed by atoms with Crippen LogP contribution < -0.4 is 15.8 Å². The molecular weight excluding hydrogens is 247 g/mol. The van der Waals surface area contributed by atoms with E-state index < -0.39 is 5.82 Å². The number of rotatable bonds is 6. The van der Waals surface area contributed by atoms with Crippen LogP contribution in [0.4, 0.5) is 4.39 Å². The molecule has 0 aromatic heterocycles. The molecule has 106 valence electrons. The first-order valence-corrected chi connectivity index (χ1v) is 6.29. The second-order valence-corrected chi connectivity index (χ2v) is 5.07. The Morgan fingerprint density at radius 2 is 2.11 bits per heavy atom. The van der Waals surface area contributed by atoms with Crippen LogP contribution in [0.2, 0.25) is 0 Å². The zero-order valence-electron chi connectivity index (χ0n) is 11.6. The Morgan fingerprint density at radius 1 is 1.42 bits per heavy atom. The predicted molar refractivity (Wildman–Crippen MR) is 72.3 cm³/mol. The van der Waals surface area contributed by atoms with E-state index in [2.05, 4.69) is 5.32 Å². The second-order valence-electron chi connectivity index (χ2n) is 5.07. The van der Waals surface area contributed by atoms with E-state index >= 15 is 0 Å². The quantitative estimate of drug-likeness (QED) is 0.829. The van der Waals surface area contributed by atoms with E-state index in [1.54, 1.807) is 6.07 Å². The fourth-order valence-corrected chi connectivity index (χ4v) is 1.47. The first-order chi connectivity index (χ1) is 8.86. The lowest BCUT2D eigenvalue weighted by molar-refractivity contribution is -0.124. The Hall–Kier alpha value is -1.62. The Balaban J connectivity index is 2.57. The normalized spacial score (nSPS) is 11.2. The van der Waals surface area contributed by atoms with Crippen molar-refractivity contribution < 1.29 is 13.9 Å². The monoisotopic (exact) mass is 268 g/mol. The summed E-state index contributed by atoms with van der Waals surface area (Å²) in [6.45, 7) is 5.93. The maximum atomic E-state index is 13.2. The molecule has 1 aromatic rings. The molecule has 4 nitrogen and oxygen atoms in total. The van der Waals surface area contributed by atoms with Crippen LogP contribution in [0, 0.1) is 5.82 Å². The molecule has 0 unspecified atom stereocenters. The molecule has 5 heteroatoms. The number of amides is 1. The van der Waals surface area contributed by atoms with Gasteiger partial charge >= 0.3 is 0 Å². The van der Waals surface area contributed by atoms with Crippen molar-refractivity contribution in [3.05, 3.63) is 29.6 Å². The Labute approximate surface area is 113 Å². The fraction of sp³-hybridized carbons (Fsp3) is 0.500. The molecule has 0 heterocycles. The van der Waals surface area contributed by atoms with E-state index in [0.717, 1.165) is 6.42 Å². The predicted octanol–water partition coefficient (Wildman–Crippen LogP) is 1.97. The molecule has 0 spiro atoms. The number of ether oxygens (including phenoxy) is 1. The van der Waals surface area contributed by atoms with Gasteiger partial charge < -0.3 is 15.8 Å². The summed E-state index contributed by atoms with van der Waals surface area (Å²) < 4.78 is 18.5. The lowest BCUT2D eigenvalue weighted by atomic mass is 10.0. The SMILES string of the molecule is CCC(C)(C)NC(=O)COc1cc(F)cc(CN)c1. The van der Waals surface area contributed by atoms with Gasteiger partial charge in [-0.25, -0.2) is 4.39 Å². The maximum absolute atomic E-state index is 13.2. The number of nitrogens with two attached hydrogens (primary N) is 1. The molecule has 1 aromatic carbocycles. The van der Waals surface area contributed by atoms with Gasteiger partial charge in [-0.3, -0.25) is 4.79 Å². The van der Waals surface area contributed by atoms with Crippen LogP contribution in [0.3, 0.4) is 0 Å². The summed E-state index contributed by atoms with van der Waals surface area (Å²) in [6.07, 6.45) is 0.816. The number of carbonyl (C=O) groups excluding carboxylic acids is 1. The van der Waals surface area contributed by atoms with Crippen LogP contribution in [0.15, 0.2) is 18.2 Å². The summed E-state index contributed by atoms with van der Waals surface area (Å²) in [5.74, 6) is -0.345. The average Bonchev–Trinajstić information content (AvgIpc) is 2.35. The van der Waals surface area contributed by atoms with Crippen LogP contribution in [0.1, 0.15) is 32.8 Å². The highest BCUT2D eigenvalue weighted by molar-refractivity contribution is 5.78. The van der Waals surface area contributed by atoms with Gasteiger partial charge in [-0.15, -0.1) is 0 Å². The molecule has 0 fully saturated rings. The van der Waals surface area contributed by atoms with Gasteiger partial charge in [0.1, 0.15) is 11.6 Å². The minimum Gasteiger partial charge on any atom is -0.484 e. The van der Waals surface area contributed by atoms with Crippen LogP contribution in [-0.4, -0.2) is 18.1 Å². The lowest BCUT2D eigenvalue weighted by Gasteiger charge is -2.24. The fourth-order valence-electron chi connectivity index (χ4n) is 1.47. The summed E-state index contributed by atoms with van der Waals surface area (Å²) in [5, 5.41) is 2.84. The Kier molecular flexibility index (Phi) is 5.30. The van der Waals surface area contributed by atoms with E-state index in [1.165, 1.54) is 12.1 Å². The van der Waals surface area contributed by atoms with Gasteiger partial charge in [-0.1, -0.05) is 6.92 Å². The molecule has 3 N–H and O–H groups in total. The van der Waals surface area contributed by atoms with Crippen LogP contribution >= 0.6 is 0 Å². The zero-order valence-corrected chi connectivity index (χ0v) is 11.6. The molecular formula is C14H21FN2O2. The third-order valence-electron chi connectivity index (χ3n) is 2.90. The van der Waals surface area contributed by atoms with Gasteiger partial charge in [0.15, 0.2) is 6.61 Å². The largest absolute Gasteiger partial charge is 0.484 e. The van der Waals surface area contributed by atoms with Gasteiger partial charge in [0.25, 0.3) is 5.91 Å². The summed E-state index contributed by atoms with van der Waals surface area (Å²) in [5.41, 5.74) is 5.80. The van der Waals surface area contributed by atoms with E-state index in [4.69, 9.17) is 10.5 Å². The van der Waals surface area contributed by atoms with E-state index in [9.17, 15) is 9.18 Å². The molecule has 0 aliphatic rings. The molecule has 0 saturated carbocycles. The minimum absolute atomic E-state index is 0.142. The molecule has 0 aliphatic heterocycles. The topological polar surface area (TPSA) is 64.3 Å². The minimum atomic E-state index is -0.424. The van der Waals surface area contributed by atoms with Crippen molar-refractivity contribution in [2.24, 2.45) is 5.73 Å². The molecule has 0 radical (unpaired) electrons. The van der Waals surface area contributed by atoms with Gasteiger partial charge in [-0.05, 0) is 38.0 Å². The smallest absolute Gasteiger partial charge is 0.258 e. The van der Waals surface area contributed by atoms with Gasteiger partial charge in [-0.2, -0.15) is 0 Å². The van der Waals surface area contributed by atoms with Crippen molar-refractivity contribution in [1.82, 2.24) is 5.32 Å². The Morgan fingerprint density at radius 3 is 2.68 bits per heavy atom. The highest BCUT2D eigenvalue weighted by Gasteiger charge is 2.17. The lowest BCUT2D eigenvalue weighted by Crippen LogP contribution is -2.44. The van der Waals surface area contributed by atoms with Crippen molar-refractivity contribution >= 4 is 5.91 Å². The van der Waals surface area contributed by atoms with Gasteiger partial charge in [0.05, 0.1) is 0 Å². The van der Waals surface area contributed by atoms with Gasteiger partial charge in [0.2, 0.25) is 0 Å². The van der Waals surface area contributed by atoms with E-state index in [-0.39, 0.29) is 24.6 Å². The number of halogens is 1. The third kappa shape index (κ3) is 5.26. The standard InChI is InChI=1S/C14H21FN2O2/c1-4-14(2,3)17-13(18)9-19-12-6-10(8-16)5-11(15)7-12/h5-7H,4,8-9,16H2,1-3H3,(H,17,18). The highest BCUT2D eigenvalue weighted by Crippen LogP contribution is 2.16. The van der Waals surface area contributed by atoms with Crippen molar-refractivity contribution in [2.75, 3.05) is 6.61 Å². The number of carbonyl (C=O) groups is 1. The summed E-state index contributed by atoms with van der Waals surface area (Å²) in [7, 11) is 0. The van der Waals surface area contributed by atoms with E-state index in [1.807, 2.05) is 20.8 Å². The van der Waals surface area contributed by atoms with E-state index in [0.29, 0.717) is 11.3 Å². The molecule has 0 atom stereocenters. The molecule has 0 saturated heterocycles. The van der Waals surface area contributed by atoms with Gasteiger partial charge in [0, 0.05) is 18.2 Å². The second kappa shape index (κ2) is 6.52. The number of nitrogens with one attached hydrogen (secondary N) is 1. The number of benzene rings is 1.